The van der Waals surface area contributed by atoms with E-state index in [9.17, 15) is 4.79 Å². The summed E-state index contributed by atoms with van der Waals surface area (Å²) in [5, 5.41) is 7.85. The van der Waals surface area contributed by atoms with Crippen LogP contribution in [-0.2, 0) is 13.7 Å². The minimum Gasteiger partial charge on any atom is -0.484 e. The molecular weight excluding hydrogens is 389 g/mol. The zero-order chi connectivity index (χ0) is 19.6. The number of nitrogens with one attached hydrogen (secondary N) is 1. The van der Waals surface area contributed by atoms with Crippen molar-refractivity contribution in [3.8, 4) is 5.75 Å². The molecule has 0 aliphatic carbocycles. The SMILES string of the molecule is Cc1c(C(C)NC(=O)c2ccc(COc3cccc(Cl)c3Cl)o2)cnn1C. The Morgan fingerprint density at radius 1 is 1.33 bits per heavy atom. The lowest BCUT2D eigenvalue weighted by Gasteiger charge is -2.12. The molecule has 0 fully saturated rings. The number of amides is 1. The van der Waals surface area contributed by atoms with Crippen LogP contribution in [0.4, 0.5) is 0 Å². The van der Waals surface area contributed by atoms with Crippen LogP contribution in [0.5, 0.6) is 5.75 Å². The lowest BCUT2D eigenvalue weighted by atomic mass is 10.1. The molecule has 0 saturated carbocycles. The van der Waals surface area contributed by atoms with Gasteiger partial charge >= 0.3 is 0 Å². The largest absolute Gasteiger partial charge is 0.484 e. The van der Waals surface area contributed by atoms with Gasteiger partial charge in [0.1, 0.15) is 23.1 Å². The summed E-state index contributed by atoms with van der Waals surface area (Å²) in [6.45, 7) is 3.98. The first-order chi connectivity index (χ1) is 12.9. The number of nitrogens with zero attached hydrogens (tertiary/aromatic N) is 2. The summed E-state index contributed by atoms with van der Waals surface area (Å²) < 4.78 is 13.0. The van der Waals surface area contributed by atoms with Crippen LogP contribution in [0.15, 0.2) is 40.9 Å². The number of benzene rings is 1. The molecule has 6 nitrogen and oxygen atoms in total. The zero-order valence-electron chi connectivity index (χ0n) is 15.1. The summed E-state index contributed by atoms with van der Waals surface area (Å²) in [6, 6.07) is 8.23. The number of aromatic nitrogens is 2. The molecule has 1 amide bonds. The van der Waals surface area contributed by atoms with Gasteiger partial charge in [0.15, 0.2) is 5.76 Å². The van der Waals surface area contributed by atoms with E-state index in [1.807, 2.05) is 20.9 Å². The van der Waals surface area contributed by atoms with Crippen LogP contribution >= 0.6 is 23.2 Å². The van der Waals surface area contributed by atoms with Crippen molar-refractivity contribution in [3.63, 3.8) is 0 Å². The predicted molar refractivity (Wildman–Crippen MR) is 103 cm³/mol. The van der Waals surface area contributed by atoms with E-state index in [0.29, 0.717) is 21.6 Å². The Hall–Kier alpha value is -2.44. The molecule has 0 spiro atoms. The molecule has 3 aromatic rings. The molecule has 0 bridgehead atoms. The van der Waals surface area contributed by atoms with Crippen molar-refractivity contribution < 1.29 is 13.9 Å². The van der Waals surface area contributed by atoms with Gasteiger partial charge in [0.2, 0.25) is 0 Å². The first-order valence-electron chi connectivity index (χ1n) is 8.31. The third-order valence-electron chi connectivity index (χ3n) is 4.26. The molecule has 1 atom stereocenters. The van der Waals surface area contributed by atoms with Crippen molar-refractivity contribution >= 4 is 29.1 Å². The highest BCUT2D eigenvalue weighted by Gasteiger charge is 2.18. The molecule has 2 heterocycles. The van der Waals surface area contributed by atoms with Gasteiger partial charge in [-0.1, -0.05) is 29.3 Å². The molecule has 0 saturated heterocycles. The van der Waals surface area contributed by atoms with Gasteiger partial charge in [-0.05, 0) is 38.1 Å². The molecule has 1 aromatic carbocycles. The number of ether oxygens (including phenoxy) is 1. The van der Waals surface area contributed by atoms with Crippen LogP contribution in [-0.4, -0.2) is 15.7 Å². The lowest BCUT2D eigenvalue weighted by molar-refractivity contribution is 0.0907. The monoisotopic (exact) mass is 407 g/mol. The summed E-state index contributed by atoms with van der Waals surface area (Å²) >= 11 is 12.0. The number of carbonyl (C=O) groups excluding carboxylic acids is 1. The van der Waals surface area contributed by atoms with Gasteiger partial charge in [-0.25, -0.2) is 0 Å². The van der Waals surface area contributed by atoms with Crippen LogP contribution in [0, 0.1) is 6.92 Å². The van der Waals surface area contributed by atoms with Gasteiger partial charge in [-0.2, -0.15) is 5.10 Å². The van der Waals surface area contributed by atoms with Gasteiger partial charge in [0.25, 0.3) is 5.91 Å². The van der Waals surface area contributed by atoms with E-state index in [1.54, 1.807) is 41.2 Å². The van der Waals surface area contributed by atoms with Gasteiger partial charge in [0.05, 0.1) is 17.3 Å². The second-order valence-electron chi connectivity index (χ2n) is 6.11. The Labute approximate surface area is 167 Å². The highest BCUT2D eigenvalue weighted by Crippen LogP contribution is 2.32. The topological polar surface area (TPSA) is 69.3 Å². The highest BCUT2D eigenvalue weighted by atomic mass is 35.5. The van der Waals surface area contributed by atoms with Crippen LogP contribution in [0.2, 0.25) is 10.0 Å². The fourth-order valence-electron chi connectivity index (χ4n) is 2.61. The van der Waals surface area contributed by atoms with Crippen molar-refractivity contribution in [2.24, 2.45) is 7.05 Å². The van der Waals surface area contributed by atoms with E-state index in [-0.39, 0.29) is 24.3 Å². The van der Waals surface area contributed by atoms with Crippen LogP contribution in [0.25, 0.3) is 0 Å². The maximum Gasteiger partial charge on any atom is 0.287 e. The minimum atomic E-state index is -0.308. The van der Waals surface area contributed by atoms with Crippen molar-refractivity contribution in [2.75, 3.05) is 0 Å². The minimum absolute atomic E-state index is 0.130. The Morgan fingerprint density at radius 3 is 2.81 bits per heavy atom. The lowest BCUT2D eigenvalue weighted by Crippen LogP contribution is -2.26. The maximum atomic E-state index is 12.4. The van der Waals surface area contributed by atoms with Crippen LogP contribution in [0.3, 0.4) is 0 Å². The molecule has 8 heteroatoms. The quantitative estimate of drug-likeness (QED) is 0.642. The second kappa shape index (κ2) is 8.06. The standard InChI is InChI=1S/C19H19Cl2N3O3/c1-11(14-9-22-24(3)12(14)2)23-19(25)17-8-7-13(27-17)10-26-16-6-4-5-15(20)18(16)21/h4-9,11H,10H2,1-3H3,(H,23,25). The van der Waals surface area contributed by atoms with Crippen molar-refractivity contribution in [1.29, 1.82) is 0 Å². The first-order valence-corrected chi connectivity index (χ1v) is 9.07. The van der Waals surface area contributed by atoms with Gasteiger partial charge in [0, 0.05) is 18.3 Å². The molecule has 1 unspecified atom stereocenters. The van der Waals surface area contributed by atoms with Crippen molar-refractivity contribution in [1.82, 2.24) is 15.1 Å². The van der Waals surface area contributed by atoms with E-state index < -0.39 is 0 Å². The van der Waals surface area contributed by atoms with Gasteiger partial charge in [-0.3, -0.25) is 9.48 Å². The van der Waals surface area contributed by atoms with Gasteiger partial charge < -0.3 is 14.5 Å². The predicted octanol–water partition coefficient (Wildman–Crippen LogP) is 4.70. The van der Waals surface area contributed by atoms with E-state index in [2.05, 4.69) is 10.4 Å². The molecular formula is C19H19Cl2N3O3. The first kappa shape index (κ1) is 19.3. The summed E-state index contributed by atoms with van der Waals surface area (Å²) in [6.07, 6.45) is 1.75. The Balaban J connectivity index is 1.62. The third kappa shape index (κ3) is 4.28. The van der Waals surface area contributed by atoms with Crippen molar-refractivity contribution in [2.45, 2.75) is 26.5 Å². The Kier molecular flexibility index (Phi) is 5.77. The normalized spacial score (nSPS) is 12.0. The smallest absolute Gasteiger partial charge is 0.287 e. The summed E-state index contributed by atoms with van der Waals surface area (Å²) in [7, 11) is 1.86. The fourth-order valence-corrected chi connectivity index (χ4v) is 2.95. The number of hydrogen-bond donors (Lipinski definition) is 1. The van der Waals surface area contributed by atoms with E-state index >= 15 is 0 Å². The van der Waals surface area contributed by atoms with E-state index in [0.717, 1.165) is 11.3 Å². The Bertz CT molecular complexity index is 965. The zero-order valence-corrected chi connectivity index (χ0v) is 16.6. The van der Waals surface area contributed by atoms with Gasteiger partial charge in [-0.15, -0.1) is 0 Å². The van der Waals surface area contributed by atoms with Crippen LogP contribution in [0.1, 0.15) is 40.5 Å². The molecule has 27 heavy (non-hydrogen) atoms. The number of aryl methyl sites for hydroxylation is 1. The number of carbonyl (C=O) groups is 1. The molecule has 2 aromatic heterocycles. The molecule has 142 valence electrons. The average Bonchev–Trinajstić information content (AvgIpc) is 3.24. The number of furan rings is 1. The maximum absolute atomic E-state index is 12.4. The highest BCUT2D eigenvalue weighted by molar-refractivity contribution is 6.42. The van der Waals surface area contributed by atoms with Crippen LogP contribution < -0.4 is 10.1 Å². The number of rotatable bonds is 6. The molecule has 0 aliphatic rings. The van der Waals surface area contributed by atoms with E-state index in [1.165, 1.54) is 0 Å². The molecule has 0 radical (unpaired) electrons. The van der Waals surface area contributed by atoms with E-state index in [4.69, 9.17) is 32.4 Å². The molecule has 1 N–H and O–H groups in total. The summed E-state index contributed by atoms with van der Waals surface area (Å²) in [5.74, 6) is 0.852. The second-order valence-corrected chi connectivity index (χ2v) is 6.90. The molecule has 0 aliphatic heterocycles. The average molecular weight is 408 g/mol. The Morgan fingerprint density at radius 2 is 2.11 bits per heavy atom. The third-order valence-corrected chi connectivity index (χ3v) is 5.06. The summed E-state index contributed by atoms with van der Waals surface area (Å²) in [4.78, 5) is 12.4. The number of halogens is 2. The van der Waals surface area contributed by atoms with Crippen molar-refractivity contribution in [3.05, 3.63) is 69.4 Å². The molecule has 3 rings (SSSR count). The number of hydrogen-bond acceptors (Lipinski definition) is 4. The summed E-state index contributed by atoms with van der Waals surface area (Å²) in [5.41, 5.74) is 1.95. The fraction of sp³-hybridized carbons (Fsp3) is 0.263.